The van der Waals surface area contributed by atoms with Gasteiger partial charge in [-0.25, -0.2) is 15.0 Å². The number of nitrogens with zero attached hydrogens (tertiary/aromatic N) is 3. The third-order valence-electron chi connectivity index (χ3n) is 11.3. The third-order valence-corrected chi connectivity index (χ3v) is 12.4. The van der Waals surface area contributed by atoms with E-state index in [0.29, 0.717) is 17.5 Å². The monoisotopic (exact) mass is 757 g/mol. The lowest BCUT2D eigenvalue weighted by atomic mass is 9.97. The van der Waals surface area contributed by atoms with Crippen LogP contribution in [0, 0.1) is 0 Å². The third kappa shape index (κ3) is 5.47. The van der Waals surface area contributed by atoms with Crippen LogP contribution in [-0.2, 0) is 0 Å². The fourth-order valence-electron chi connectivity index (χ4n) is 8.37. The zero-order valence-electron chi connectivity index (χ0n) is 31.1. The maximum atomic E-state index is 6.42. The molecular formula is C53H31N3OS. The number of hydrogen-bond acceptors (Lipinski definition) is 5. The van der Waals surface area contributed by atoms with E-state index in [1.54, 1.807) is 11.3 Å². The highest BCUT2D eigenvalue weighted by Gasteiger charge is 2.17. The Kier molecular flexibility index (Phi) is 7.37. The molecule has 270 valence electrons. The molecule has 0 saturated heterocycles. The second kappa shape index (κ2) is 13.1. The Morgan fingerprint density at radius 1 is 0.328 bits per heavy atom. The van der Waals surface area contributed by atoms with E-state index in [9.17, 15) is 0 Å². The van der Waals surface area contributed by atoms with Gasteiger partial charge in [0, 0.05) is 47.6 Å². The predicted molar refractivity (Wildman–Crippen MR) is 242 cm³/mol. The molecule has 0 amide bonds. The molecule has 0 aliphatic heterocycles. The Labute approximate surface area is 337 Å². The molecule has 0 N–H and O–H groups in total. The van der Waals surface area contributed by atoms with Gasteiger partial charge in [-0.05, 0) is 80.2 Å². The first-order valence-corrected chi connectivity index (χ1v) is 20.2. The standard InChI is InChI=1S/C53H31N3OS/c1-2-9-32(10-3-1)34-17-20-35(21-18-34)51-54-52(40-22-19-33-11-4-5-12-36(33)27-40)56-53(55-51)41-24-26-44-43-25-23-39(30-48(43)58-49(44)31-41)42-15-8-16-46-50(42)45-28-37-13-6-7-14-38(37)29-47(45)57-46/h1-31H. The smallest absolute Gasteiger partial charge is 0.164 e. The summed E-state index contributed by atoms with van der Waals surface area (Å²) in [7, 11) is 0. The number of furan rings is 1. The molecule has 12 rings (SSSR count). The van der Waals surface area contributed by atoms with Crippen molar-refractivity contribution < 1.29 is 4.42 Å². The molecule has 3 heterocycles. The van der Waals surface area contributed by atoms with Crippen molar-refractivity contribution in [2.24, 2.45) is 0 Å². The molecule has 0 bridgehead atoms. The normalized spacial score (nSPS) is 11.8. The average molecular weight is 758 g/mol. The minimum Gasteiger partial charge on any atom is -0.456 e. The molecule has 9 aromatic carbocycles. The van der Waals surface area contributed by atoms with Gasteiger partial charge in [0.15, 0.2) is 17.5 Å². The number of fused-ring (bicyclic) bond motifs is 8. The summed E-state index contributed by atoms with van der Waals surface area (Å²) in [5.74, 6) is 1.93. The minimum absolute atomic E-state index is 0.641. The Hall–Kier alpha value is -7.47. The van der Waals surface area contributed by atoms with Gasteiger partial charge >= 0.3 is 0 Å². The van der Waals surface area contributed by atoms with Crippen LogP contribution in [0.4, 0.5) is 0 Å². The second-order valence-electron chi connectivity index (χ2n) is 14.8. The van der Waals surface area contributed by atoms with Gasteiger partial charge in [0.1, 0.15) is 11.2 Å². The predicted octanol–water partition coefficient (Wildman–Crippen LogP) is 14.8. The minimum atomic E-state index is 0.641. The molecular weight excluding hydrogens is 727 g/mol. The molecule has 0 radical (unpaired) electrons. The largest absolute Gasteiger partial charge is 0.456 e. The highest BCUT2D eigenvalue weighted by atomic mass is 32.1. The molecule has 0 fully saturated rings. The SMILES string of the molecule is c1ccc(-c2ccc(-c3nc(-c4ccc5ccccc5c4)nc(-c4ccc5c(c4)sc4cc(-c6cccc7oc8cc9ccccc9cc8c67)ccc45)n3)cc2)cc1. The number of thiophene rings is 1. The van der Waals surface area contributed by atoms with E-state index in [4.69, 9.17) is 19.4 Å². The molecule has 0 aliphatic carbocycles. The van der Waals surface area contributed by atoms with Crippen LogP contribution in [0.5, 0.6) is 0 Å². The summed E-state index contributed by atoms with van der Waals surface area (Å²) in [4.78, 5) is 15.3. The molecule has 0 aliphatic rings. The molecule has 0 saturated carbocycles. The van der Waals surface area contributed by atoms with Gasteiger partial charge in [0.25, 0.3) is 0 Å². The van der Waals surface area contributed by atoms with Crippen molar-refractivity contribution in [3.05, 3.63) is 188 Å². The zero-order valence-corrected chi connectivity index (χ0v) is 31.9. The van der Waals surface area contributed by atoms with E-state index in [0.717, 1.165) is 49.6 Å². The van der Waals surface area contributed by atoms with E-state index in [1.165, 1.54) is 53.0 Å². The molecule has 0 unspecified atom stereocenters. The van der Waals surface area contributed by atoms with Crippen molar-refractivity contribution in [1.82, 2.24) is 15.0 Å². The maximum absolute atomic E-state index is 6.42. The molecule has 4 nitrogen and oxygen atoms in total. The number of aromatic nitrogens is 3. The van der Waals surface area contributed by atoms with Crippen LogP contribution in [0.1, 0.15) is 0 Å². The van der Waals surface area contributed by atoms with Gasteiger partial charge in [0.2, 0.25) is 0 Å². The van der Waals surface area contributed by atoms with Crippen LogP contribution in [0.3, 0.4) is 0 Å². The number of benzene rings is 9. The number of rotatable bonds is 5. The van der Waals surface area contributed by atoms with Crippen molar-refractivity contribution in [3.63, 3.8) is 0 Å². The van der Waals surface area contributed by atoms with Gasteiger partial charge in [0.05, 0.1) is 0 Å². The summed E-state index contributed by atoms with van der Waals surface area (Å²) in [5, 5.41) is 9.44. The van der Waals surface area contributed by atoms with E-state index >= 15 is 0 Å². The first kappa shape index (κ1) is 32.7. The molecule has 5 heteroatoms. The molecule has 58 heavy (non-hydrogen) atoms. The summed E-state index contributed by atoms with van der Waals surface area (Å²) in [6.45, 7) is 0. The number of hydrogen-bond donors (Lipinski definition) is 0. The van der Waals surface area contributed by atoms with Crippen LogP contribution >= 0.6 is 11.3 Å². The fraction of sp³-hybridized carbons (Fsp3) is 0. The topological polar surface area (TPSA) is 51.8 Å². The lowest BCUT2D eigenvalue weighted by Gasteiger charge is -2.10. The maximum Gasteiger partial charge on any atom is 0.164 e. The summed E-state index contributed by atoms with van der Waals surface area (Å²) >= 11 is 1.80. The quantitative estimate of drug-likeness (QED) is 0.175. The van der Waals surface area contributed by atoms with Crippen molar-refractivity contribution in [3.8, 4) is 56.4 Å². The van der Waals surface area contributed by atoms with Crippen LogP contribution in [0.25, 0.3) is 120 Å². The van der Waals surface area contributed by atoms with Crippen LogP contribution in [0.2, 0.25) is 0 Å². The zero-order chi connectivity index (χ0) is 38.2. The van der Waals surface area contributed by atoms with Gasteiger partial charge in [-0.15, -0.1) is 11.3 Å². The van der Waals surface area contributed by atoms with Crippen molar-refractivity contribution >= 4 is 75.0 Å². The van der Waals surface area contributed by atoms with Crippen LogP contribution in [0.15, 0.2) is 192 Å². The molecule has 0 atom stereocenters. The first-order chi connectivity index (χ1) is 28.7. The fourth-order valence-corrected chi connectivity index (χ4v) is 9.55. The Bertz CT molecular complexity index is 3570. The molecule has 12 aromatic rings. The van der Waals surface area contributed by atoms with Crippen molar-refractivity contribution in [2.45, 2.75) is 0 Å². The summed E-state index contributed by atoms with van der Waals surface area (Å²) in [6, 6.07) is 66.4. The molecule has 0 spiro atoms. The second-order valence-corrected chi connectivity index (χ2v) is 15.9. The van der Waals surface area contributed by atoms with Crippen LogP contribution < -0.4 is 0 Å². The van der Waals surface area contributed by atoms with Crippen molar-refractivity contribution in [2.75, 3.05) is 0 Å². The lowest BCUT2D eigenvalue weighted by Crippen LogP contribution is -2.00. The van der Waals surface area contributed by atoms with Crippen molar-refractivity contribution in [1.29, 1.82) is 0 Å². The molecule has 3 aromatic heterocycles. The first-order valence-electron chi connectivity index (χ1n) is 19.4. The van der Waals surface area contributed by atoms with Crippen LogP contribution in [-0.4, -0.2) is 15.0 Å². The summed E-state index contributed by atoms with van der Waals surface area (Å²) < 4.78 is 8.83. The Morgan fingerprint density at radius 3 is 1.60 bits per heavy atom. The van der Waals surface area contributed by atoms with Gasteiger partial charge < -0.3 is 4.42 Å². The van der Waals surface area contributed by atoms with E-state index in [-0.39, 0.29) is 0 Å². The lowest BCUT2D eigenvalue weighted by molar-refractivity contribution is 0.669. The van der Waals surface area contributed by atoms with Gasteiger partial charge in [-0.1, -0.05) is 152 Å². The summed E-state index contributed by atoms with van der Waals surface area (Å²) in [5.41, 5.74) is 9.31. The highest BCUT2D eigenvalue weighted by Crippen LogP contribution is 2.42. The van der Waals surface area contributed by atoms with E-state index < -0.39 is 0 Å². The Balaban J connectivity index is 0.972. The summed E-state index contributed by atoms with van der Waals surface area (Å²) in [6.07, 6.45) is 0. The van der Waals surface area contributed by atoms with Gasteiger partial charge in [-0.3, -0.25) is 0 Å². The average Bonchev–Trinajstić information content (AvgIpc) is 3.85. The van der Waals surface area contributed by atoms with E-state index in [1.807, 2.05) is 6.07 Å². The Morgan fingerprint density at radius 2 is 0.862 bits per heavy atom. The van der Waals surface area contributed by atoms with Gasteiger partial charge in [-0.2, -0.15) is 0 Å². The highest BCUT2D eigenvalue weighted by molar-refractivity contribution is 7.25. The van der Waals surface area contributed by atoms with E-state index in [2.05, 4.69) is 182 Å².